The van der Waals surface area contributed by atoms with Gasteiger partial charge in [0, 0.05) is 24.8 Å². The molecule has 0 aliphatic rings. The lowest BCUT2D eigenvalue weighted by atomic mass is 10.2. The van der Waals surface area contributed by atoms with E-state index in [1.54, 1.807) is 0 Å². The van der Waals surface area contributed by atoms with Gasteiger partial charge in [0.1, 0.15) is 0 Å². The highest BCUT2D eigenvalue weighted by Gasteiger charge is 2.08. The highest BCUT2D eigenvalue weighted by atomic mass is 79.9. The van der Waals surface area contributed by atoms with Crippen molar-refractivity contribution >= 4 is 21.8 Å². The van der Waals surface area contributed by atoms with Crippen LogP contribution in [0.5, 0.6) is 0 Å². The Balaban J connectivity index is 3.69. The van der Waals surface area contributed by atoms with Crippen LogP contribution in [0.4, 0.5) is 0 Å². The number of unbranched alkanes of at least 4 members (excludes halogenated alkanes) is 1. The summed E-state index contributed by atoms with van der Waals surface area (Å²) in [6.07, 6.45) is 2.81. The van der Waals surface area contributed by atoms with Crippen molar-refractivity contribution in [3.8, 4) is 0 Å². The van der Waals surface area contributed by atoms with Crippen molar-refractivity contribution < 1.29 is 4.79 Å². The quantitative estimate of drug-likeness (QED) is 0.648. The molecule has 0 fully saturated rings. The first-order valence-corrected chi connectivity index (χ1v) is 5.72. The van der Waals surface area contributed by atoms with Crippen LogP contribution in [0.15, 0.2) is 0 Å². The average molecular weight is 236 g/mol. The van der Waals surface area contributed by atoms with Crippen molar-refractivity contribution in [3.05, 3.63) is 0 Å². The number of hydrogen-bond donors (Lipinski definition) is 0. The van der Waals surface area contributed by atoms with Crippen LogP contribution < -0.4 is 0 Å². The number of carbonyl (C=O) groups excluding carboxylic acids is 1. The Bertz CT molecular complexity index is 128. The molecule has 0 rings (SSSR count). The predicted octanol–water partition coefficient (Wildman–Crippen LogP) is 2.42. The van der Waals surface area contributed by atoms with Crippen molar-refractivity contribution in [1.82, 2.24) is 4.90 Å². The zero-order chi connectivity index (χ0) is 9.40. The van der Waals surface area contributed by atoms with Crippen molar-refractivity contribution in [3.63, 3.8) is 0 Å². The van der Waals surface area contributed by atoms with E-state index >= 15 is 0 Å². The lowest BCUT2D eigenvalue weighted by molar-refractivity contribution is -0.130. The van der Waals surface area contributed by atoms with Crippen molar-refractivity contribution in [2.45, 2.75) is 33.1 Å². The van der Waals surface area contributed by atoms with Crippen LogP contribution in [0, 0.1) is 0 Å². The van der Waals surface area contributed by atoms with E-state index in [1.807, 2.05) is 11.8 Å². The smallest absolute Gasteiger partial charge is 0.222 e. The normalized spacial score (nSPS) is 9.92. The van der Waals surface area contributed by atoms with Gasteiger partial charge in [-0.25, -0.2) is 0 Å². The van der Waals surface area contributed by atoms with E-state index in [1.165, 1.54) is 0 Å². The number of halogens is 1. The molecule has 0 aromatic rings. The zero-order valence-electron chi connectivity index (χ0n) is 7.98. The van der Waals surface area contributed by atoms with Crippen molar-refractivity contribution in [1.29, 1.82) is 0 Å². The van der Waals surface area contributed by atoms with E-state index in [9.17, 15) is 4.79 Å². The SMILES string of the molecule is CCCCC(=O)N(CC)CCBr. The number of amides is 1. The molecule has 0 atom stereocenters. The predicted molar refractivity (Wildman–Crippen MR) is 55.6 cm³/mol. The molecule has 0 saturated heterocycles. The fourth-order valence-electron chi connectivity index (χ4n) is 1.05. The largest absolute Gasteiger partial charge is 0.342 e. The lowest BCUT2D eigenvalue weighted by Gasteiger charge is -2.19. The molecule has 0 N–H and O–H groups in total. The molecule has 0 spiro atoms. The first-order chi connectivity index (χ1) is 5.76. The van der Waals surface area contributed by atoms with Crippen molar-refractivity contribution in [2.24, 2.45) is 0 Å². The molecule has 72 valence electrons. The summed E-state index contributed by atoms with van der Waals surface area (Å²) in [6, 6.07) is 0. The fourth-order valence-corrected chi connectivity index (χ4v) is 1.48. The van der Waals surface area contributed by atoms with Crippen LogP contribution in [-0.2, 0) is 4.79 Å². The van der Waals surface area contributed by atoms with Gasteiger partial charge < -0.3 is 4.90 Å². The van der Waals surface area contributed by atoms with E-state index in [0.717, 1.165) is 31.3 Å². The molecule has 0 aromatic heterocycles. The second-order valence-corrected chi connectivity index (χ2v) is 3.56. The van der Waals surface area contributed by atoms with Gasteiger partial charge in [-0.2, -0.15) is 0 Å². The second-order valence-electron chi connectivity index (χ2n) is 2.77. The van der Waals surface area contributed by atoms with Crippen LogP contribution in [-0.4, -0.2) is 29.2 Å². The summed E-state index contributed by atoms with van der Waals surface area (Å²) in [5.74, 6) is 0.291. The van der Waals surface area contributed by atoms with Gasteiger partial charge >= 0.3 is 0 Å². The maximum atomic E-state index is 11.4. The Morgan fingerprint density at radius 3 is 2.50 bits per heavy atom. The molecule has 0 heterocycles. The van der Waals surface area contributed by atoms with Gasteiger partial charge in [0.15, 0.2) is 0 Å². The van der Waals surface area contributed by atoms with E-state index in [4.69, 9.17) is 0 Å². The third-order valence-corrected chi connectivity index (χ3v) is 2.19. The average Bonchev–Trinajstić information content (AvgIpc) is 2.10. The lowest BCUT2D eigenvalue weighted by Crippen LogP contribution is -2.32. The minimum Gasteiger partial charge on any atom is -0.342 e. The van der Waals surface area contributed by atoms with Crippen LogP contribution in [0.25, 0.3) is 0 Å². The van der Waals surface area contributed by atoms with Gasteiger partial charge in [0.05, 0.1) is 0 Å². The number of alkyl halides is 1. The summed E-state index contributed by atoms with van der Waals surface area (Å²) >= 11 is 3.33. The third kappa shape index (κ3) is 4.75. The first-order valence-electron chi connectivity index (χ1n) is 4.60. The molecule has 0 saturated carbocycles. The summed E-state index contributed by atoms with van der Waals surface area (Å²) in [7, 11) is 0. The molecule has 0 aliphatic carbocycles. The van der Waals surface area contributed by atoms with E-state index < -0.39 is 0 Å². The monoisotopic (exact) mass is 235 g/mol. The zero-order valence-corrected chi connectivity index (χ0v) is 9.56. The van der Waals surface area contributed by atoms with Gasteiger partial charge in [0.2, 0.25) is 5.91 Å². The molecule has 0 aromatic carbocycles. The van der Waals surface area contributed by atoms with E-state index in [-0.39, 0.29) is 0 Å². The second kappa shape index (κ2) is 7.59. The van der Waals surface area contributed by atoms with Crippen LogP contribution in [0.3, 0.4) is 0 Å². The maximum absolute atomic E-state index is 11.4. The van der Waals surface area contributed by atoms with Gasteiger partial charge in [-0.1, -0.05) is 29.3 Å². The Hall–Kier alpha value is -0.0500. The summed E-state index contributed by atoms with van der Waals surface area (Å²) in [4.78, 5) is 13.3. The van der Waals surface area contributed by atoms with Crippen LogP contribution in [0.1, 0.15) is 33.1 Å². The summed E-state index contributed by atoms with van der Waals surface area (Å²) in [5.41, 5.74) is 0. The molecular weight excluding hydrogens is 218 g/mol. The highest BCUT2D eigenvalue weighted by Crippen LogP contribution is 2.00. The molecular formula is C9H18BrNO. The maximum Gasteiger partial charge on any atom is 0.222 e. The number of rotatable bonds is 6. The van der Waals surface area contributed by atoms with Crippen molar-refractivity contribution in [2.75, 3.05) is 18.4 Å². The highest BCUT2D eigenvalue weighted by molar-refractivity contribution is 9.09. The summed E-state index contributed by atoms with van der Waals surface area (Å²) in [5, 5.41) is 0.874. The fraction of sp³-hybridized carbons (Fsp3) is 0.889. The van der Waals surface area contributed by atoms with Gasteiger partial charge in [-0.3, -0.25) is 4.79 Å². The molecule has 0 radical (unpaired) electrons. The molecule has 1 amide bonds. The molecule has 3 heteroatoms. The van der Waals surface area contributed by atoms with E-state index in [0.29, 0.717) is 12.3 Å². The van der Waals surface area contributed by atoms with Gasteiger partial charge in [-0.15, -0.1) is 0 Å². The van der Waals surface area contributed by atoms with Crippen LogP contribution in [0.2, 0.25) is 0 Å². The minimum absolute atomic E-state index is 0.291. The minimum atomic E-state index is 0.291. The Morgan fingerprint density at radius 2 is 2.08 bits per heavy atom. The third-order valence-electron chi connectivity index (χ3n) is 1.83. The number of carbonyl (C=O) groups is 1. The van der Waals surface area contributed by atoms with Gasteiger partial charge in [-0.05, 0) is 13.3 Å². The van der Waals surface area contributed by atoms with E-state index in [2.05, 4.69) is 22.9 Å². The first kappa shape index (κ1) is 11.9. The number of hydrogen-bond acceptors (Lipinski definition) is 1. The standard InChI is InChI=1S/C9H18BrNO/c1-3-5-6-9(12)11(4-2)8-7-10/h3-8H2,1-2H3. The topological polar surface area (TPSA) is 20.3 Å². The summed E-state index contributed by atoms with van der Waals surface area (Å²) < 4.78 is 0. The summed E-state index contributed by atoms with van der Waals surface area (Å²) in [6.45, 7) is 5.79. The van der Waals surface area contributed by atoms with Crippen LogP contribution >= 0.6 is 15.9 Å². The molecule has 0 unspecified atom stereocenters. The molecule has 0 bridgehead atoms. The Morgan fingerprint density at radius 1 is 1.42 bits per heavy atom. The van der Waals surface area contributed by atoms with Gasteiger partial charge in [0.25, 0.3) is 0 Å². The molecule has 12 heavy (non-hydrogen) atoms. The Labute approximate surface area is 83.4 Å². The number of nitrogens with zero attached hydrogens (tertiary/aromatic N) is 1. The Kier molecular flexibility index (Phi) is 7.56. The molecule has 0 aliphatic heterocycles. The molecule has 2 nitrogen and oxygen atoms in total.